The van der Waals surface area contributed by atoms with Gasteiger partial charge in [0.2, 0.25) is 0 Å². The zero-order valence-corrected chi connectivity index (χ0v) is 10.8. The number of esters is 1. The van der Waals surface area contributed by atoms with Crippen LogP contribution < -0.4 is 0 Å². The van der Waals surface area contributed by atoms with Crippen molar-refractivity contribution in [3.63, 3.8) is 0 Å². The van der Waals surface area contributed by atoms with E-state index >= 15 is 0 Å². The highest BCUT2D eigenvalue weighted by atomic mass is 16.5. The van der Waals surface area contributed by atoms with Crippen molar-refractivity contribution in [3.05, 3.63) is 35.9 Å². The van der Waals surface area contributed by atoms with Gasteiger partial charge < -0.3 is 4.74 Å². The predicted molar refractivity (Wildman–Crippen MR) is 70.0 cm³/mol. The molecule has 0 aliphatic carbocycles. The van der Waals surface area contributed by atoms with Gasteiger partial charge in [0.1, 0.15) is 0 Å². The monoisotopic (exact) mass is 234 g/mol. The smallest absolute Gasteiger partial charge is 0.305 e. The number of carbonyl (C=O) groups excluding carboxylic acids is 1. The Bertz CT molecular complexity index is 319. The van der Waals surface area contributed by atoms with E-state index in [9.17, 15) is 4.79 Å². The summed E-state index contributed by atoms with van der Waals surface area (Å²) in [7, 11) is 0. The molecule has 0 fully saturated rings. The predicted octanol–water partition coefficient (Wildman–Crippen LogP) is 3.91. The summed E-state index contributed by atoms with van der Waals surface area (Å²) < 4.78 is 5.20. The molecule has 17 heavy (non-hydrogen) atoms. The lowest BCUT2D eigenvalue weighted by Crippen LogP contribution is -2.08. The van der Waals surface area contributed by atoms with Gasteiger partial charge in [-0.15, -0.1) is 0 Å². The van der Waals surface area contributed by atoms with E-state index in [4.69, 9.17) is 4.74 Å². The van der Waals surface area contributed by atoms with E-state index in [1.807, 2.05) is 13.0 Å². The maximum absolute atomic E-state index is 11.2. The summed E-state index contributed by atoms with van der Waals surface area (Å²) in [4.78, 5) is 11.2. The first-order chi connectivity index (χ1) is 8.27. The summed E-state index contributed by atoms with van der Waals surface area (Å²) in [6, 6.07) is 10.4. The first-order valence-corrected chi connectivity index (χ1v) is 6.48. The molecule has 0 radical (unpaired) electrons. The van der Waals surface area contributed by atoms with E-state index in [2.05, 4.69) is 31.2 Å². The van der Waals surface area contributed by atoms with Crippen molar-refractivity contribution in [1.29, 1.82) is 0 Å². The molecule has 2 nitrogen and oxygen atoms in total. The van der Waals surface area contributed by atoms with Crippen molar-refractivity contribution in [2.24, 2.45) is 0 Å². The number of benzene rings is 1. The lowest BCUT2D eigenvalue weighted by atomic mass is 9.94. The van der Waals surface area contributed by atoms with Gasteiger partial charge in [-0.05, 0) is 30.7 Å². The Morgan fingerprint density at radius 2 is 1.94 bits per heavy atom. The molecular weight excluding hydrogens is 212 g/mol. The Kier molecular flexibility index (Phi) is 6.38. The maximum Gasteiger partial charge on any atom is 0.305 e. The van der Waals surface area contributed by atoms with E-state index in [0.29, 0.717) is 18.9 Å². The van der Waals surface area contributed by atoms with Crippen LogP contribution in [0.3, 0.4) is 0 Å². The molecule has 0 amide bonds. The van der Waals surface area contributed by atoms with Gasteiger partial charge in [0.05, 0.1) is 6.61 Å². The van der Waals surface area contributed by atoms with Crippen molar-refractivity contribution in [2.45, 2.75) is 45.4 Å². The number of hydrogen-bond acceptors (Lipinski definition) is 2. The molecule has 0 N–H and O–H groups in total. The molecule has 0 spiro atoms. The summed E-state index contributed by atoms with van der Waals surface area (Å²) in [5.41, 5.74) is 1.33. The third-order valence-corrected chi connectivity index (χ3v) is 2.95. The van der Waals surface area contributed by atoms with Gasteiger partial charge in [-0.3, -0.25) is 4.79 Å². The molecule has 0 saturated carbocycles. The number of rotatable bonds is 7. The highest BCUT2D eigenvalue weighted by molar-refractivity contribution is 5.69. The second-order valence-electron chi connectivity index (χ2n) is 4.28. The van der Waals surface area contributed by atoms with Gasteiger partial charge in [-0.1, -0.05) is 44.2 Å². The fraction of sp³-hybridized carbons (Fsp3) is 0.533. The van der Waals surface area contributed by atoms with Gasteiger partial charge >= 0.3 is 5.97 Å². The largest absolute Gasteiger partial charge is 0.466 e. The molecule has 0 aromatic heterocycles. The van der Waals surface area contributed by atoms with Gasteiger partial charge in [0.25, 0.3) is 0 Å². The zero-order valence-electron chi connectivity index (χ0n) is 10.8. The molecule has 2 heteroatoms. The molecule has 0 aliphatic rings. The maximum atomic E-state index is 11.2. The van der Waals surface area contributed by atoms with Gasteiger partial charge in [-0.2, -0.15) is 0 Å². The molecule has 94 valence electrons. The standard InChI is InChI=1S/C15H22O2/c1-3-8-15(16)17-12-11-13(4-2)14-9-6-5-7-10-14/h5-7,9-10,13H,3-4,8,11-12H2,1-2H3. The summed E-state index contributed by atoms with van der Waals surface area (Å²) in [5.74, 6) is 0.418. The molecular formula is C15H22O2. The van der Waals surface area contributed by atoms with Crippen LogP contribution >= 0.6 is 0 Å². The molecule has 1 aromatic carbocycles. The van der Waals surface area contributed by atoms with Crippen LogP contribution in [0.25, 0.3) is 0 Å². The molecule has 0 aliphatic heterocycles. The Labute approximate surface area is 104 Å². The van der Waals surface area contributed by atoms with E-state index < -0.39 is 0 Å². The minimum atomic E-state index is -0.0737. The third kappa shape index (κ3) is 5.03. The molecule has 1 aromatic rings. The molecule has 0 saturated heterocycles. The van der Waals surface area contributed by atoms with Gasteiger partial charge in [0, 0.05) is 6.42 Å². The Morgan fingerprint density at radius 3 is 2.53 bits per heavy atom. The zero-order chi connectivity index (χ0) is 12.5. The quantitative estimate of drug-likeness (QED) is 0.668. The molecule has 1 atom stereocenters. The summed E-state index contributed by atoms with van der Waals surface area (Å²) in [6.45, 7) is 4.69. The fourth-order valence-corrected chi connectivity index (χ4v) is 1.92. The Hall–Kier alpha value is -1.31. The van der Waals surface area contributed by atoms with Gasteiger partial charge in [0.15, 0.2) is 0 Å². The first-order valence-electron chi connectivity index (χ1n) is 6.48. The molecule has 0 bridgehead atoms. The lowest BCUT2D eigenvalue weighted by molar-refractivity contribution is -0.143. The average Bonchev–Trinajstić information content (AvgIpc) is 2.36. The van der Waals surface area contributed by atoms with Crippen LogP contribution in [0.15, 0.2) is 30.3 Å². The summed E-state index contributed by atoms with van der Waals surface area (Å²) in [6.07, 6.45) is 3.38. The van der Waals surface area contributed by atoms with Crippen molar-refractivity contribution >= 4 is 5.97 Å². The van der Waals surface area contributed by atoms with Crippen molar-refractivity contribution < 1.29 is 9.53 Å². The van der Waals surface area contributed by atoms with Crippen molar-refractivity contribution in [2.75, 3.05) is 6.61 Å². The van der Waals surface area contributed by atoms with Crippen LogP contribution in [0.1, 0.15) is 51.0 Å². The first kappa shape index (κ1) is 13.8. The third-order valence-electron chi connectivity index (χ3n) is 2.95. The molecule has 1 unspecified atom stereocenters. The minimum Gasteiger partial charge on any atom is -0.466 e. The lowest BCUT2D eigenvalue weighted by Gasteiger charge is -2.15. The van der Waals surface area contributed by atoms with Crippen LogP contribution in [-0.2, 0) is 9.53 Å². The SMILES string of the molecule is CCCC(=O)OCCC(CC)c1ccccc1. The van der Waals surface area contributed by atoms with E-state index in [0.717, 1.165) is 19.3 Å². The van der Waals surface area contributed by atoms with Crippen LogP contribution in [0.2, 0.25) is 0 Å². The number of carbonyl (C=O) groups is 1. The van der Waals surface area contributed by atoms with Crippen molar-refractivity contribution in [3.8, 4) is 0 Å². The average molecular weight is 234 g/mol. The second kappa shape index (κ2) is 7.88. The Morgan fingerprint density at radius 1 is 1.24 bits per heavy atom. The van der Waals surface area contributed by atoms with E-state index in [-0.39, 0.29) is 5.97 Å². The second-order valence-corrected chi connectivity index (χ2v) is 4.28. The van der Waals surface area contributed by atoms with Crippen LogP contribution in [0, 0.1) is 0 Å². The van der Waals surface area contributed by atoms with Crippen LogP contribution in [0.4, 0.5) is 0 Å². The molecule has 1 rings (SSSR count). The summed E-state index contributed by atoms with van der Waals surface area (Å²) >= 11 is 0. The highest BCUT2D eigenvalue weighted by Crippen LogP contribution is 2.22. The van der Waals surface area contributed by atoms with E-state index in [1.165, 1.54) is 5.56 Å². The normalized spacial score (nSPS) is 12.1. The fourth-order valence-electron chi connectivity index (χ4n) is 1.92. The number of hydrogen-bond donors (Lipinski definition) is 0. The van der Waals surface area contributed by atoms with E-state index in [1.54, 1.807) is 0 Å². The minimum absolute atomic E-state index is 0.0737. The Balaban J connectivity index is 2.36. The van der Waals surface area contributed by atoms with Gasteiger partial charge in [-0.25, -0.2) is 0 Å². The molecule has 0 heterocycles. The van der Waals surface area contributed by atoms with Crippen molar-refractivity contribution in [1.82, 2.24) is 0 Å². The topological polar surface area (TPSA) is 26.3 Å². The van der Waals surface area contributed by atoms with Crippen LogP contribution in [-0.4, -0.2) is 12.6 Å². The number of ether oxygens (including phenoxy) is 1. The van der Waals surface area contributed by atoms with Crippen LogP contribution in [0.5, 0.6) is 0 Å². The highest BCUT2D eigenvalue weighted by Gasteiger charge is 2.09. The summed E-state index contributed by atoms with van der Waals surface area (Å²) in [5, 5.41) is 0.